The van der Waals surface area contributed by atoms with E-state index >= 15 is 0 Å². The van der Waals surface area contributed by atoms with Crippen molar-refractivity contribution >= 4 is 50.4 Å². The van der Waals surface area contributed by atoms with Gasteiger partial charge in [-0.15, -0.1) is 21.5 Å². The molecule has 102 valence electrons. The first-order valence-electron chi connectivity index (χ1n) is 5.72. The highest BCUT2D eigenvalue weighted by Gasteiger charge is 2.18. The highest BCUT2D eigenvalue weighted by atomic mass is 35.5. The summed E-state index contributed by atoms with van der Waals surface area (Å²) in [6.07, 6.45) is 0. The van der Waals surface area contributed by atoms with Gasteiger partial charge in [0.1, 0.15) is 5.01 Å². The second kappa shape index (κ2) is 5.43. The van der Waals surface area contributed by atoms with Gasteiger partial charge in [-0.2, -0.15) is 0 Å². The number of thiazole rings is 1. The predicted molar refractivity (Wildman–Crippen MR) is 80.3 cm³/mol. The van der Waals surface area contributed by atoms with Crippen LogP contribution in [-0.2, 0) is 6.54 Å². The number of benzene rings is 1. The molecule has 0 aliphatic carbocycles. The third-order valence-electron chi connectivity index (χ3n) is 2.64. The number of hydrogen-bond acceptors (Lipinski definition) is 6. The van der Waals surface area contributed by atoms with Crippen LogP contribution in [0.2, 0.25) is 4.47 Å². The SMILES string of the molecule is CN(Cc1nc2ccccc2s1)C(=O)c1nnc(Cl)s1. The molecule has 5 nitrogen and oxygen atoms in total. The average Bonchev–Trinajstić information content (AvgIpc) is 3.03. The molecule has 2 heterocycles. The number of nitrogens with zero attached hydrogens (tertiary/aromatic N) is 4. The van der Waals surface area contributed by atoms with Crippen molar-refractivity contribution in [2.45, 2.75) is 6.54 Å². The monoisotopic (exact) mass is 324 g/mol. The minimum absolute atomic E-state index is 0.200. The number of hydrogen-bond donors (Lipinski definition) is 0. The fourth-order valence-electron chi connectivity index (χ4n) is 1.72. The quantitative estimate of drug-likeness (QED) is 0.743. The van der Waals surface area contributed by atoms with Crippen molar-refractivity contribution in [2.75, 3.05) is 7.05 Å². The number of amides is 1. The number of carbonyl (C=O) groups is 1. The van der Waals surface area contributed by atoms with Crippen LogP contribution in [0.1, 0.15) is 14.8 Å². The molecule has 0 aliphatic heterocycles. The Balaban J connectivity index is 1.78. The van der Waals surface area contributed by atoms with Gasteiger partial charge >= 0.3 is 0 Å². The van der Waals surface area contributed by atoms with Gasteiger partial charge in [0.05, 0.1) is 16.8 Å². The topological polar surface area (TPSA) is 59.0 Å². The normalized spacial score (nSPS) is 10.9. The third-order valence-corrected chi connectivity index (χ3v) is 4.67. The summed E-state index contributed by atoms with van der Waals surface area (Å²) in [6.45, 7) is 0.440. The van der Waals surface area contributed by atoms with Crippen molar-refractivity contribution in [3.8, 4) is 0 Å². The zero-order valence-corrected chi connectivity index (χ0v) is 12.8. The second-order valence-corrected chi connectivity index (χ2v) is 6.77. The molecule has 0 spiro atoms. The van der Waals surface area contributed by atoms with Crippen molar-refractivity contribution in [3.05, 3.63) is 38.7 Å². The van der Waals surface area contributed by atoms with E-state index in [-0.39, 0.29) is 10.4 Å². The molecule has 20 heavy (non-hydrogen) atoms. The summed E-state index contributed by atoms with van der Waals surface area (Å²) in [6, 6.07) is 7.90. The van der Waals surface area contributed by atoms with E-state index < -0.39 is 0 Å². The second-order valence-electron chi connectivity index (χ2n) is 4.10. The van der Waals surface area contributed by atoms with Gasteiger partial charge < -0.3 is 4.90 Å². The Hall–Kier alpha value is -1.57. The Kier molecular flexibility index (Phi) is 3.64. The molecular formula is C12H9ClN4OS2. The standard InChI is InChI=1S/C12H9ClN4OS2/c1-17(11(18)10-15-16-12(13)20-10)6-9-14-7-4-2-3-5-8(7)19-9/h2-5H,6H2,1H3. The van der Waals surface area contributed by atoms with Crippen molar-refractivity contribution in [1.82, 2.24) is 20.1 Å². The summed E-state index contributed by atoms with van der Waals surface area (Å²) >= 11 is 8.34. The minimum atomic E-state index is -0.200. The summed E-state index contributed by atoms with van der Waals surface area (Å²) in [7, 11) is 1.71. The molecule has 0 unspecified atom stereocenters. The molecule has 3 rings (SSSR count). The van der Waals surface area contributed by atoms with Crippen molar-refractivity contribution in [2.24, 2.45) is 0 Å². The van der Waals surface area contributed by atoms with E-state index in [2.05, 4.69) is 15.2 Å². The first kappa shape index (κ1) is 13.4. The van der Waals surface area contributed by atoms with Crippen LogP contribution in [0, 0.1) is 0 Å². The van der Waals surface area contributed by atoms with Crippen LogP contribution in [0.5, 0.6) is 0 Å². The van der Waals surface area contributed by atoms with Crippen molar-refractivity contribution in [1.29, 1.82) is 0 Å². The maximum absolute atomic E-state index is 12.1. The molecule has 1 amide bonds. The maximum Gasteiger partial charge on any atom is 0.285 e. The number of para-hydroxylation sites is 1. The molecule has 0 N–H and O–H groups in total. The average molecular weight is 325 g/mol. The smallest absolute Gasteiger partial charge is 0.285 e. The first-order valence-corrected chi connectivity index (χ1v) is 7.73. The van der Waals surface area contributed by atoms with Crippen LogP contribution in [0.4, 0.5) is 0 Å². The van der Waals surface area contributed by atoms with E-state index in [0.29, 0.717) is 11.6 Å². The van der Waals surface area contributed by atoms with Gasteiger partial charge in [-0.3, -0.25) is 4.79 Å². The Morgan fingerprint density at radius 2 is 2.10 bits per heavy atom. The molecule has 8 heteroatoms. The lowest BCUT2D eigenvalue weighted by molar-refractivity contribution is 0.0784. The predicted octanol–water partition coefficient (Wildman–Crippen LogP) is 3.07. The third kappa shape index (κ3) is 2.65. The van der Waals surface area contributed by atoms with Gasteiger partial charge in [-0.1, -0.05) is 23.5 Å². The van der Waals surface area contributed by atoms with Crippen LogP contribution < -0.4 is 0 Å². The maximum atomic E-state index is 12.1. The van der Waals surface area contributed by atoms with Gasteiger partial charge in [0.25, 0.3) is 5.91 Å². The zero-order chi connectivity index (χ0) is 14.1. The molecule has 2 aromatic heterocycles. The number of aromatic nitrogens is 3. The Morgan fingerprint density at radius 3 is 2.80 bits per heavy atom. The van der Waals surface area contributed by atoms with Crippen LogP contribution in [0.3, 0.4) is 0 Å². The molecule has 0 atom stereocenters. The fraction of sp³-hybridized carbons (Fsp3) is 0.167. The zero-order valence-electron chi connectivity index (χ0n) is 10.4. The van der Waals surface area contributed by atoms with E-state index in [1.54, 1.807) is 23.3 Å². The molecule has 3 aromatic rings. The summed E-state index contributed by atoms with van der Waals surface area (Å²) < 4.78 is 1.38. The van der Waals surface area contributed by atoms with E-state index in [4.69, 9.17) is 11.6 Å². The summed E-state index contributed by atoms with van der Waals surface area (Å²) in [4.78, 5) is 18.2. The summed E-state index contributed by atoms with van der Waals surface area (Å²) in [5.74, 6) is -0.200. The summed E-state index contributed by atoms with van der Waals surface area (Å²) in [5.41, 5.74) is 0.951. The van der Waals surface area contributed by atoms with Crippen molar-refractivity contribution < 1.29 is 4.79 Å². The van der Waals surface area contributed by atoms with Crippen LogP contribution >= 0.6 is 34.3 Å². The molecule has 1 aromatic carbocycles. The van der Waals surface area contributed by atoms with Gasteiger partial charge in [0, 0.05) is 7.05 Å². The highest BCUT2D eigenvalue weighted by molar-refractivity contribution is 7.18. The van der Waals surface area contributed by atoms with Crippen LogP contribution in [-0.4, -0.2) is 33.0 Å². The lowest BCUT2D eigenvalue weighted by Gasteiger charge is -2.12. The molecular weight excluding hydrogens is 316 g/mol. The molecule has 0 saturated heterocycles. The van der Waals surface area contributed by atoms with E-state index in [0.717, 1.165) is 26.6 Å². The highest BCUT2D eigenvalue weighted by Crippen LogP contribution is 2.23. The first-order chi connectivity index (χ1) is 9.63. The summed E-state index contributed by atoms with van der Waals surface area (Å²) in [5, 5.41) is 8.56. The number of rotatable bonds is 3. The molecule has 0 fully saturated rings. The minimum Gasteiger partial charge on any atom is -0.333 e. The van der Waals surface area contributed by atoms with Crippen LogP contribution in [0.25, 0.3) is 10.2 Å². The van der Waals surface area contributed by atoms with Crippen LogP contribution in [0.15, 0.2) is 24.3 Å². The lowest BCUT2D eigenvalue weighted by atomic mass is 10.3. The Labute approximate surface area is 127 Å². The van der Waals surface area contributed by atoms with Gasteiger partial charge in [0.15, 0.2) is 0 Å². The lowest BCUT2D eigenvalue weighted by Crippen LogP contribution is -2.26. The molecule has 0 bridgehead atoms. The van der Waals surface area contributed by atoms with Gasteiger partial charge in [-0.25, -0.2) is 4.98 Å². The van der Waals surface area contributed by atoms with Gasteiger partial charge in [0.2, 0.25) is 9.47 Å². The fourth-order valence-corrected chi connectivity index (χ4v) is 3.56. The van der Waals surface area contributed by atoms with E-state index in [1.807, 2.05) is 24.3 Å². The molecule has 0 radical (unpaired) electrons. The Morgan fingerprint density at radius 1 is 1.30 bits per heavy atom. The number of halogens is 1. The van der Waals surface area contributed by atoms with E-state index in [9.17, 15) is 4.79 Å². The largest absolute Gasteiger partial charge is 0.333 e. The van der Waals surface area contributed by atoms with Gasteiger partial charge in [-0.05, 0) is 23.7 Å². The molecule has 0 aliphatic rings. The molecule has 0 saturated carbocycles. The Bertz CT molecular complexity index is 737. The van der Waals surface area contributed by atoms with E-state index in [1.165, 1.54) is 0 Å². The number of fused-ring (bicyclic) bond motifs is 1. The van der Waals surface area contributed by atoms with Crippen molar-refractivity contribution in [3.63, 3.8) is 0 Å². The number of carbonyl (C=O) groups excluding carboxylic acids is 1.